The summed E-state index contributed by atoms with van der Waals surface area (Å²) in [5.41, 5.74) is 4.61. The van der Waals surface area contributed by atoms with Crippen LogP contribution in [0.25, 0.3) is 11.3 Å². The standard InChI is InChI=1S/C25H32N6O/c1-29-18-22(23-11-12-26-25(27-23)31-14-3-4-15-31)24(28-29)20-6-5-13-30(17-20)16-19-7-9-21(32-2)10-8-19/h7-12,18,20H,3-6,13-17H2,1-2H3/t20-/m1/s1. The number of rotatable bonds is 6. The number of ether oxygens (including phenoxy) is 1. The van der Waals surface area contributed by atoms with Gasteiger partial charge < -0.3 is 9.64 Å². The Morgan fingerprint density at radius 1 is 1.03 bits per heavy atom. The molecule has 1 atom stereocenters. The van der Waals surface area contributed by atoms with E-state index in [-0.39, 0.29) is 0 Å². The lowest BCUT2D eigenvalue weighted by molar-refractivity contribution is 0.198. The van der Waals surface area contributed by atoms with Crippen LogP contribution in [0.3, 0.4) is 0 Å². The maximum Gasteiger partial charge on any atom is 0.225 e. The number of benzene rings is 1. The van der Waals surface area contributed by atoms with Crippen molar-refractivity contribution in [3.63, 3.8) is 0 Å². The molecule has 2 aliphatic rings. The van der Waals surface area contributed by atoms with Gasteiger partial charge in [0.2, 0.25) is 5.95 Å². The predicted octanol–water partition coefficient (Wildman–Crippen LogP) is 3.87. The Kier molecular flexibility index (Phi) is 6.08. The molecule has 7 nitrogen and oxygen atoms in total. The van der Waals surface area contributed by atoms with Crippen molar-refractivity contribution in [2.24, 2.45) is 7.05 Å². The second-order valence-corrected chi connectivity index (χ2v) is 8.96. The molecule has 0 aliphatic carbocycles. The van der Waals surface area contributed by atoms with Gasteiger partial charge in [-0.1, -0.05) is 12.1 Å². The highest BCUT2D eigenvalue weighted by atomic mass is 16.5. The molecule has 0 saturated carbocycles. The van der Waals surface area contributed by atoms with E-state index < -0.39 is 0 Å². The minimum atomic E-state index is 0.406. The van der Waals surface area contributed by atoms with E-state index in [0.717, 1.165) is 67.8 Å². The molecule has 0 spiro atoms. The van der Waals surface area contributed by atoms with Crippen LogP contribution in [-0.2, 0) is 13.6 Å². The molecule has 1 aromatic carbocycles. The fourth-order valence-corrected chi connectivity index (χ4v) is 4.98. The Hall–Kier alpha value is -2.93. The molecule has 4 heterocycles. The fraction of sp³-hybridized carbons (Fsp3) is 0.480. The van der Waals surface area contributed by atoms with Gasteiger partial charge in [0.1, 0.15) is 5.75 Å². The molecular formula is C25H32N6O. The third-order valence-corrected chi connectivity index (χ3v) is 6.62. The topological polar surface area (TPSA) is 59.3 Å². The molecule has 2 saturated heterocycles. The number of anilines is 1. The van der Waals surface area contributed by atoms with Crippen LogP contribution < -0.4 is 9.64 Å². The molecule has 0 unspecified atom stereocenters. The molecule has 0 bridgehead atoms. The summed E-state index contributed by atoms with van der Waals surface area (Å²) < 4.78 is 7.23. The van der Waals surface area contributed by atoms with Gasteiger partial charge in [-0.3, -0.25) is 9.58 Å². The number of aryl methyl sites for hydroxylation is 1. The van der Waals surface area contributed by atoms with E-state index in [1.54, 1.807) is 7.11 Å². The lowest BCUT2D eigenvalue weighted by Gasteiger charge is -2.32. The summed E-state index contributed by atoms with van der Waals surface area (Å²) in [6, 6.07) is 10.4. The van der Waals surface area contributed by atoms with Crippen molar-refractivity contribution in [1.82, 2.24) is 24.6 Å². The van der Waals surface area contributed by atoms with Gasteiger partial charge in [0.25, 0.3) is 0 Å². The first-order chi connectivity index (χ1) is 15.7. The van der Waals surface area contributed by atoms with Crippen LogP contribution in [0.4, 0.5) is 5.95 Å². The molecule has 3 aromatic rings. The monoisotopic (exact) mass is 432 g/mol. The highest BCUT2D eigenvalue weighted by Crippen LogP contribution is 2.34. The Morgan fingerprint density at radius 3 is 2.62 bits per heavy atom. The molecule has 168 valence electrons. The molecule has 0 radical (unpaired) electrons. The summed E-state index contributed by atoms with van der Waals surface area (Å²) in [6.07, 6.45) is 8.79. The van der Waals surface area contributed by atoms with Crippen molar-refractivity contribution in [3.05, 3.63) is 54.0 Å². The first kappa shape index (κ1) is 20.9. The summed E-state index contributed by atoms with van der Waals surface area (Å²) in [4.78, 5) is 14.3. The lowest BCUT2D eigenvalue weighted by Crippen LogP contribution is -2.34. The summed E-state index contributed by atoms with van der Waals surface area (Å²) in [5.74, 6) is 2.16. The van der Waals surface area contributed by atoms with Gasteiger partial charge in [0.15, 0.2) is 0 Å². The molecule has 2 fully saturated rings. The summed E-state index contributed by atoms with van der Waals surface area (Å²) in [6.45, 7) is 5.19. The Bertz CT molecular complexity index is 1040. The first-order valence-corrected chi connectivity index (χ1v) is 11.7. The van der Waals surface area contributed by atoms with Crippen molar-refractivity contribution in [3.8, 4) is 17.0 Å². The van der Waals surface area contributed by atoms with Crippen molar-refractivity contribution >= 4 is 5.95 Å². The van der Waals surface area contributed by atoms with Gasteiger partial charge in [0.05, 0.1) is 18.5 Å². The molecule has 2 aliphatic heterocycles. The summed E-state index contributed by atoms with van der Waals surface area (Å²) in [7, 11) is 3.72. The molecule has 5 rings (SSSR count). The number of nitrogens with zero attached hydrogens (tertiary/aromatic N) is 6. The van der Waals surface area contributed by atoms with Crippen LogP contribution >= 0.6 is 0 Å². The van der Waals surface area contributed by atoms with E-state index >= 15 is 0 Å². The zero-order chi connectivity index (χ0) is 21.9. The summed E-state index contributed by atoms with van der Waals surface area (Å²) >= 11 is 0. The minimum absolute atomic E-state index is 0.406. The van der Waals surface area contributed by atoms with Gasteiger partial charge in [-0.05, 0) is 56.0 Å². The predicted molar refractivity (Wildman–Crippen MR) is 126 cm³/mol. The van der Waals surface area contributed by atoms with Crippen LogP contribution in [0.1, 0.15) is 42.9 Å². The van der Waals surface area contributed by atoms with Crippen LogP contribution in [0.5, 0.6) is 5.75 Å². The van der Waals surface area contributed by atoms with E-state index in [9.17, 15) is 0 Å². The zero-order valence-electron chi connectivity index (χ0n) is 19.1. The van der Waals surface area contributed by atoms with Crippen molar-refractivity contribution in [2.45, 2.75) is 38.1 Å². The lowest BCUT2D eigenvalue weighted by atomic mass is 9.91. The van der Waals surface area contributed by atoms with Crippen LogP contribution in [0, 0.1) is 0 Å². The smallest absolute Gasteiger partial charge is 0.225 e. The SMILES string of the molecule is COc1ccc(CN2CCC[C@@H](c3nn(C)cc3-c3ccnc(N4CCCC4)n3)C2)cc1. The van der Waals surface area contributed by atoms with Gasteiger partial charge in [-0.25, -0.2) is 9.97 Å². The van der Waals surface area contributed by atoms with Gasteiger partial charge >= 0.3 is 0 Å². The molecule has 0 N–H and O–H groups in total. The van der Waals surface area contributed by atoms with Gasteiger partial charge in [-0.15, -0.1) is 0 Å². The molecule has 0 amide bonds. The van der Waals surface area contributed by atoms with Crippen LogP contribution in [0.15, 0.2) is 42.7 Å². The van der Waals surface area contributed by atoms with Crippen molar-refractivity contribution < 1.29 is 4.74 Å². The number of piperidine rings is 1. The summed E-state index contributed by atoms with van der Waals surface area (Å²) in [5, 5.41) is 4.90. The van der Waals surface area contributed by atoms with Crippen LogP contribution in [0.2, 0.25) is 0 Å². The second-order valence-electron chi connectivity index (χ2n) is 8.96. The maximum atomic E-state index is 5.29. The quantitative estimate of drug-likeness (QED) is 0.589. The zero-order valence-corrected chi connectivity index (χ0v) is 19.1. The van der Waals surface area contributed by atoms with Crippen molar-refractivity contribution in [1.29, 1.82) is 0 Å². The van der Waals surface area contributed by atoms with E-state index in [1.165, 1.54) is 24.8 Å². The van der Waals surface area contributed by atoms with Gasteiger partial charge in [0, 0.05) is 57.1 Å². The third kappa shape index (κ3) is 4.48. The van der Waals surface area contributed by atoms with Crippen LogP contribution in [-0.4, -0.2) is 57.9 Å². The number of likely N-dealkylation sites (tertiary alicyclic amines) is 1. The molecule has 7 heteroatoms. The first-order valence-electron chi connectivity index (χ1n) is 11.7. The van der Waals surface area contributed by atoms with Crippen molar-refractivity contribution in [2.75, 3.05) is 38.2 Å². The Balaban J connectivity index is 1.35. The molecular weight excluding hydrogens is 400 g/mol. The highest BCUT2D eigenvalue weighted by molar-refractivity contribution is 5.63. The number of hydrogen-bond acceptors (Lipinski definition) is 6. The molecule has 32 heavy (non-hydrogen) atoms. The maximum absolute atomic E-state index is 5.29. The van der Waals surface area contributed by atoms with E-state index in [4.69, 9.17) is 14.8 Å². The fourth-order valence-electron chi connectivity index (χ4n) is 4.98. The average molecular weight is 433 g/mol. The second kappa shape index (κ2) is 9.28. The average Bonchev–Trinajstić information content (AvgIpc) is 3.50. The van der Waals surface area contributed by atoms with Gasteiger partial charge in [-0.2, -0.15) is 5.10 Å². The third-order valence-electron chi connectivity index (χ3n) is 6.62. The minimum Gasteiger partial charge on any atom is -0.497 e. The number of hydrogen-bond donors (Lipinski definition) is 0. The van der Waals surface area contributed by atoms with E-state index in [0.29, 0.717) is 5.92 Å². The molecule has 2 aromatic heterocycles. The Labute approximate surface area is 190 Å². The number of aromatic nitrogens is 4. The Morgan fingerprint density at radius 2 is 1.84 bits per heavy atom. The van der Waals surface area contributed by atoms with E-state index in [1.807, 2.05) is 36.1 Å². The number of methoxy groups -OCH3 is 1. The highest BCUT2D eigenvalue weighted by Gasteiger charge is 2.27. The normalized spacial score (nSPS) is 19.4. The largest absolute Gasteiger partial charge is 0.497 e. The van der Waals surface area contributed by atoms with E-state index in [2.05, 4.69) is 33.1 Å².